The Bertz CT molecular complexity index is 639. The highest BCUT2D eigenvalue weighted by Gasteiger charge is 2.22. The molecule has 1 heterocycles. The maximum absolute atomic E-state index is 13.3. The van der Waals surface area contributed by atoms with E-state index in [9.17, 15) is 9.18 Å². The maximum Gasteiger partial charge on any atom is 0.244 e. The van der Waals surface area contributed by atoms with Crippen molar-refractivity contribution in [3.05, 3.63) is 29.8 Å². The van der Waals surface area contributed by atoms with E-state index in [0.29, 0.717) is 23.6 Å². The van der Waals surface area contributed by atoms with Crippen LogP contribution in [0.15, 0.2) is 18.2 Å². The number of carbonyl (C=O) groups is 1. The van der Waals surface area contributed by atoms with Crippen LogP contribution in [0.1, 0.15) is 18.8 Å². The van der Waals surface area contributed by atoms with Gasteiger partial charge < -0.3 is 9.47 Å². The molecule has 0 spiro atoms. The summed E-state index contributed by atoms with van der Waals surface area (Å²) in [4.78, 5) is 18.1. The van der Waals surface area contributed by atoms with Gasteiger partial charge in [-0.2, -0.15) is 0 Å². The molecule has 108 valence electrons. The average molecular weight is 298 g/mol. The molecular formula is C14H17ClFN3O. The van der Waals surface area contributed by atoms with E-state index in [4.69, 9.17) is 11.6 Å². The van der Waals surface area contributed by atoms with Crippen LogP contribution < -0.4 is 0 Å². The summed E-state index contributed by atoms with van der Waals surface area (Å²) in [6.07, 6.45) is 0.531. The van der Waals surface area contributed by atoms with Crippen LogP contribution in [0, 0.1) is 5.82 Å². The third-order valence-electron chi connectivity index (χ3n) is 3.23. The lowest BCUT2D eigenvalue weighted by Gasteiger charge is -2.20. The van der Waals surface area contributed by atoms with Crippen LogP contribution in [0.5, 0.6) is 0 Å². The van der Waals surface area contributed by atoms with Gasteiger partial charge in [0, 0.05) is 32.5 Å². The van der Waals surface area contributed by atoms with Gasteiger partial charge in [0.1, 0.15) is 17.7 Å². The molecule has 1 aromatic carbocycles. The van der Waals surface area contributed by atoms with E-state index in [0.717, 1.165) is 5.52 Å². The Kier molecular flexibility index (Phi) is 4.28. The lowest BCUT2D eigenvalue weighted by molar-refractivity contribution is -0.131. The molecule has 0 aliphatic heterocycles. The molecule has 0 aliphatic carbocycles. The van der Waals surface area contributed by atoms with Gasteiger partial charge in [-0.1, -0.05) is 0 Å². The van der Waals surface area contributed by atoms with Crippen LogP contribution in [0.25, 0.3) is 11.0 Å². The molecule has 0 fully saturated rings. The highest BCUT2D eigenvalue weighted by molar-refractivity contribution is 6.17. The van der Waals surface area contributed by atoms with E-state index in [1.165, 1.54) is 17.0 Å². The van der Waals surface area contributed by atoms with E-state index >= 15 is 0 Å². The predicted octanol–water partition coefficient (Wildman–Crippen LogP) is 2.61. The number of likely N-dealkylation sites (N-methyl/N-ethyl adjacent to an activating group) is 1. The van der Waals surface area contributed by atoms with Gasteiger partial charge in [-0.15, -0.1) is 11.6 Å². The van der Waals surface area contributed by atoms with Crippen molar-refractivity contribution in [2.45, 2.75) is 19.4 Å². The van der Waals surface area contributed by atoms with Crippen LogP contribution >= 0.6 is 11.6 Å². The number of aromatic nitrogens is 2. The lowest BCUT2D eigenvalue weighted by atomic mass is 10.2. The molecule has 0 radical (unpaired) electrons. The summed E-state index contributed by atoms with van der Waals surface area (Å²) in [6.45, 7) is 1.81. The fourth-order valence-corrected chi connectivity index (χ4v) is 2.47. The van der Waals surface area contributed by atoms with Crippen LogP contribution in [-0.4, -0.2) is 40.3 Å². The Balaban J connectivity index is 2.59. The number of halogens is 2. The minimum Gasteiger partial charge on any atom is -0.347 e. The number of alkyl halides is 1. The predicted molar refractivity (Wildman–Crippen MR) is 77.5 cm³/mol. The van der Waals surface area contributed by atoms with Crippen molar-refractivity contribution in [1.29, 1.82) is 0 Å². The fourth-order valence-electron chi connectivity index (χ4n) is 2.30. The Labute approximate surface area is 122 Å². The van der Waals surface area contributed by atoms with E-state index < -0.39 is 6.04 Å². The van der Waals surface area contributed by atoms with Crippen LogP contribution in [0.3, 0.4) is 0 Å². The van der Waals surface area contributed by atoms with Crippen LogP contribution in [-0.2, 0) is 11.2 Å². The molecule has 0 bridgehead atoms. The first-order valence-electron chi connectivity index (χ1n) is 6.39. The number of hydrogen-bond donors (Lipinski definition) is 0. The van der Waals surface area contributed by atoms with E-state index in [2.05, 4.69) is 4.98 Å². The van der Waals surface area contributed by atoms with Gasteiger partial charge in [0.2, 0.25) is 5.91 Å². The Morgan fingerprint density at radius 1 is 1.50 bits per heavy atom. The Morgan fingerprint density at radius 2 is 2.20 bits per heavy atom. The van der Waals surface area contributed by atoms with Gasteiger partial charge in [-0.3, -0.25) is 4.79 Å². The van der Waals surface area contributed by atoms with Crippen LogP contribution in [0.4, 0.5) is 4.39 Å². The second-order valence-electron chi connectivity index (χ2n) is 4.88. The summed E-state index contributed by atoms with van der Waals surface area (Å²) < 4.78 is 15.1. The standard InChI is InChI=1S/C14H17ClFN3O/c1-9(14(20)18(2)3)19-12-5-4-10(16)8-11(12)17-13(19)6-7-15/h4-5,8-9H,6-7H2,1-3H3. The van der Waals surface area contributed by atoms with Gasteiger partial charge in [0.15, 0.2) is 0 Å². The van der Waals surface area contributed by atoms with Crippen molar-refractivity contribution >= 4 is 28.5 Å². The van der Waals surface area contributed by atoms with Crippen molar-refractivity contribution in [2.24, 2.45) is 0 Å². The topological polar surface area (TPSA) is 38.1 Å². The molecular weight excluding hydrogens is 281 g/mol. The highest BCUT2D eigenvalue weighted by atomic mass is 35.5. The SMILES string of the molecule is CC(C(=O)N(C)C)n1c(CCCl)nc2cc(F)ccc21. The summed E-state index contributed by atoms with van der Waals surface area (Å²) in [5.74, 6) is 0.716. The fraction of sp³-hybridized carbons (Fsp3) is 0.429. The molecule has 4 nitrogen and oxygen atoms in total. The summed E-state index contributed by atoms with van der Waals surface area (Å²) in [5.41, 5.74) is 1.29. The van der Waals surface area contributed by atoms with E-state index in [-0.39, 0.29) is 11.7 Å². The molecule has 0 saturated heterocycles. The molecule has 1 amide bonds. The normalized spacial score (nSPS) is 12.7. The number of hydrogen-bond acceptors (Lipinski definition) is 2. The Morgan fingerprint density at radius 3 is 2.80 bits per heavy atom. The van der Waals surface area contributed by atoms with Gasteiger partial charge in [0.25, 0.3) is 0 Å². The lowest BCUT2D eigenvalue weighted by Crippen LogP contribution is -2.30. The van der Waals surface area contributed by atoms with Crippen molar-refractivity contribution in [1.82, 2.24) is 14.5 Å². The smallest absolute Gasteiger partial charge is 0.244 e. The summed E-state index contributed by atoms with van der Waals surface area (Å²) in [5, 5.41) is 0. The average Bonchev–Trinajstić information content (AvgIpc) is 2.74. The highest BCUT2D eigenvalue weighted by Crippen LogP contribution is 2.23. The monoisotopic (exact) mass is 297 g/mol. The summed E-state index contributed by atoms with van der Waals surface area (Å²) >= 11 is 5.79. The first-order valence-corrected chi connectivity index (χ1v) is 6.92. The molecule has 0 saturated carbocycles. The number of rotatable bonds is 4. The van der Waals surface area contributed by atoms with Gasteiger partial charge in [-0.25, -0.2) is 9.37 Å². The van der Waals surface area contributed by atoms with E-state index in [1.807, 2.05) is 11.5 Å². The largest absolute Gasteiger partial charge is 0.347 e. The van der Waals surface area contributed by atoms with Crippen molar-refractivity contribution in [3.8, 4) is 0 Å². The first-order chi connectivity index (χ1) is 9.45. The molecule has 2 aromatic rings. The number of amides is 1. The third kappa shape index (κ3) is 2.63. The van der Waals surface area contributed by atoms with Crippen molar-refractivity contribution in [3.63, 3.8) is 0 Å². The molecule has 1 aromatic heterocycles. The minimum absolute atomic E-state index is 0.0375. The quantitative estimate of drug-likeness (QED) is 0.814. The molecule has 1 unspecified atom stereocenters. The first kappa shape index (κ1) is 14.8. The molecule has 20 heavy (non-hydrogen) atoms. The zero-order valence-electron chi connectivity index (χ0n) is 11.7. The van der Waals surface area contributed by atoms with Crippen molar-refractivity contribution < 1.29 is 9.18 Å². The summed E-state index contributed by atoms with van der Waals surface area (Å²) in [6, 6.07) is 3.99. The number of carbonyl (C=O) groups excluding carboxylic acids is 1. The molecule has 0 N–H and O–H groups in total. The number of aryl methyl sites for hydroxylation is 1. The van der Waals surface area contributed by atoms with E-state index in [1.54, 1.807) is 20.2 Å². The second-order valence-corrected chi connectivity index (χ2v) is 5.26. The third-order valence-corrected chi connectivity index (χ3v) is 3.42. The number of benzene rings is 1. The van der Waals surface area contributed by atoms with Crippen molar-refractivity contribution in [2.75, 3.05) is 20.0 Å². The van der Waals surface area contributed by atoms with Gasteiger partial charge in [-0.05, 0) is 19.1 Å². The molecule has 1 atom stereocenters. The molecule has 0 aliphatic rings. The second kappa shape index (κ2) is 5.79. The maximum atomic E-state index is 13.3. The van der Waals surface area contributed by atoms with Gasteiger partial charge >= 0.3 is 0 Å². The zero-order chi connectivity index (χ0) is 14.9. The summed E-state index contributed by atoms with van der Waals surface area (Å²) in [7, 11) is 3.41. The molecule has 2 rings (SSSR count). The Hall–Kier alpha value is -1.62. The van der Waals surface area contributed by atoms with Gasteiger partial charge in [0.05, 0.1) is 11.0 Å². The number of nitrogens with zero attached hydrogens (tertiary/aromatic N) is 3. The number of imidazole rings is 1. The van der Waals surface area contributed by atoms with Crippen LogP contribution in [0.2, 0.25) is 0 Å². The molecule has 6 heteroatoms. The number of fused-ring (bicyclic) bond motifs is 1. The zero-order valence-corrected chi connectivity index (χ0v) is 12.5. The minimum atomic E-state index is -0.404.